The Kier molecular flexibility index (Phi) is 6.02. The second kappa shape index (κ2) is 9.02. The van der Waals surface area contributed by atoms with E-state index in [-0.39, 0.29) is 11.8 Å². The summed E-state index contributed by atoms with van der Waals surface area (Å²) in [5.74, 6) is 2.89. The zero-order valence-corrected chi connectivity index (χ0v) is 17.2. The molecule has 1 aliphatic rings. The third kappa shape index (κ3) is 4.17. The van der Waals surface area contributed by atoms with Crippen molar-refractivity contribution in [2.75, 3.05) is 26.3 Å². The molecule has 3 aromatic rings. The van der Waals surface area contributed by atoms with Crippen LogP contribution in [0.5, 0.6) is 11.5 Å². The van der Waals surface area contributed by atoms with Crippen LogP contribution in [0.3, 0.4) is 0 Å². The van der Waals surface area contributed by atoms with Gasteiger partial charge in [0.1, 0.15) is 0 Å². The SMILES string of the molecule is CCOc1ccc(C(=O)N2CCC(c3nnc(-c4ccco4)o3)CC2)cc1OCC. The summed E-state index contributed by atoms with van der Waals surface area (Å²) in [7, 11) is 0. The van der Waals surface area contributed by atoms with Crippen molar-refractivity contribution in [3.05, 3.63) is 48.0 Å². The summed E-state index contributed by atoms with van der Waals surface area (Å²) in [6, 6.07) is 8.91. The van der Waals surface area contributed by atoms with E-state index >= 15 is 0 Å². The van der Waals surface area contributed by atoms with Crippen LogP contribution in [0.2, 0.25) is 0 Å². The summed E-state index contributed by atoms with van der Waals surface area (Å²) in [5.41, 5.74) is 0.596. The van der Waals surface area contributed by atoms with Gasteiger partial charge in [-0.1, -0.05) is 0 Å². The number of carbonyl (C=O) groups is 1. The highest BCUT2D eigenvalue weighted by molar-refractivity contribution is 5.95. The summed E-state index contributed by atoms with van der Waals surface area (Å²) in [4.78, 5) is 14.8. The average Bonchev–Trinajstić information content (AvgIpc) is 3.47. The normalized spacial score (nSPS) is 14.7. The molecule has 0 N–H and O–H groups in total. The highest BCUT2D eigenvalue weighted by Crippen LogP contribution is 2.32. The zero-order valence-electron chi connectivity index (χ0n) is 17.2. The second-order valence-electron chi connectivity index (χ2n) is 7.02. The summed E-state index contributed by atoms with van der Waals surface area (Å²) in [6.45, 7) is 6.12. The number of amides is 1. The average molecular weight is 411 g/mol. The van der Waals surface area contributed by atoms with Crippen molar-refractivity contribution in [2.45, 2.75) is 32.6 Å². The van der Waals surface area contributed by atoms with Crippen LogP contribution in [0.1, 0.15) is 48.9 Å². The number of rotatable bonds is 7. The topological polar surface area (TPSA) is 90.8 Å². The van der Waals surface area contributed by atoms with Gasteiger partial charge in [-0.15, -0.1) is 10.2 Å². The molecule has 1 saturated heterocycles. The Balaban J connectivity index is 1.40. The van der Waals surface area contributed by atoms with Crippen molar-refractivity contribution in [3.63, 3.8) is 0 Å². The molecular weight excluding hydrogens is 386 g/mol. The molecule has 0 aliphatic carbocycles. The van der Waals surface area contributed by atoms with Crippen LogP contribution in [0.25, 0.3) is 11.7 Å². The fraction of sp³-hybridized carbons (Fsp3) is 0.409. The Labute approximate surface area is 174 Å². The lowest BCUT2D eigenvalue weighted by Crippen LogP contribution is -2.38. The minimum atomic E-state index is -0.0146. The number of nitrogens with zero attached hydrogens (tertiary/aromatic N) is 3. The minimum Gasteiger partial charge on any atom is -0.490 e. The Morgan fingerprint density at radius 3 is 2.57 bits per heavy atom. The van der Waals surface area contributed by atoms with Gasteiger partial charge in [-0.05, 0) is 57.0 Å². The molecule has 0 unspecified atom stereocenters. The third-order valence-electron chi connectivity index (χ3n) is 5.09. The molecule has 4 rings (SSSR count). The van der Waals surface area contributed by atoms with E-state index in [1.165, 1.54) is 0 Å². The largest absolute Gasteiger partial charge is 0.490 e. The first-order valence-electron chi connectivity index (χ1n) is 10.3. The van der Waals surface area contributed by atoms with E-state index < -0.39 is 0 Å². The summed E-state index contributed by atoms with van der Waals surface area (Å²) < 4.78 is 22.3. The Hall–Kier alpha value is -3.29. The number of piperidine rings is 1. The molecule has 3 heterocycles. The first kappa shape index (κ1) is 20.0. The molecule has 0 bridgehead atoms. The van der Waals surface area contributed by atoms with Crippen molar-refractivity contribution in [1.29, 1.82) is 0 Å². The maximum atomic E-state index is 13.0. The number of aromatic nitrogens is 2. The molecule has 158 valence electrons. The standard InChI is InChI=1S/C22H25N3O5/c1-3-27-17-8-7-16(14-19(17)28-4-2)22(26)25-11-9-15(10-12-25)20-23-24-21(30-20)18-6-5-13-29-18/h5-8,13-15H,3-4,9-12H2,1-2H3. The second-order valence-corrected chi connectivity index (χ2v) is 7.02. The lowest BCUT2D eigenvalue weighted by molar-refractivity contribution is 0.0706. The van der Waals surface area contributed by atoms with Crippen LogP contribution in [0, 0.1) is 0 Å². The van der Waals surface area contributed by atoms with Crippen molar-refractivity contribution in [3.8, 4) is 23.1 Å². The molecular formula is C22H25N3O5. The number of benzene rings is 1. The molecule has 1 aliphatic heterocycles. The smallest absolute Gasteiger partial charge is 0.283 e. The van der Waals surface area contributed by atoms with Crippen LogP contribution in [0.4, 0.5) is 0 Å². The molecule has 8 heteroatoms. The van der Waals surface area contributed by atoms with Gasteiger partial charge in [0.15, 0.2) is 17.3 Å². The molecule has 8 nitrogen and oxygen atoms in total. The summed E-state index contributed by atoms with van der Waals surface area (Å²) in [5, 5.41) is 8.24. The van der Waals surface area contributed by atoms with E-state index in [1.54, 1.807) is 36.6 Å². The van der Waals surface area contributed by atoms with E-state index in [2.05, 4.69) is 10.2 Å². The fourth-order valence-electron chi connectivity index (χ4n) is 3.60. The van der Waals surface area contributed by atoms with Gasteiger partial charge in [-0.2, -0.15) is 0 Å². The van der Waals surface area contributed by atoms with Crippen molar-refractivity contribution in [1.82, 2.24) is 15.1 Å². The highest BCUT2D eigenvalue weighted by Gasteiger charge is 2.28. The number of ether oxygens (including phenoxy) is 2. The molecule has 0 radical (unpaired) electrons. The van der Waals surface area contributed by atoms with Crippen molar-refractivity contribution < 1.29 is 23.1 Å². The quantitative estimate of drug-likeness (QED) is 0.577. The van der Waals surface area contributed by atoms with Gasteiger partial charge < -0.3 is 23.2 Å². The fourth-order valence-corrected chi connectivity index (χ4v) is 3.60. The van der Waals surface area contributed by atoms with Crippen molar-refractivity contribution in [2.24, 2.45) is 0 Å². The third-order valence-corrected chi connectivity index (χ3v) is 5.09. The maximum Gasteiger partial charge on any atom is 0.283 e. The van der Waals surface area contributed by atoms with Gasteiger partial charge in [-0.3, -0.25) is 4.79 Å². The van der Waals surface area contributed by atoms with Crippen LogP contribution >= 0.6 is 0 Å². The molecule has 2 aromatic heterocycles. The van der Waals surface area contributed by atoms with Gasteiger partial charge in [0.2, 0.25) is 5.89 Å². The molecule has 1 aromatic carbocycles. The first-order chi connectivity index (χ1) is 14.7. The van der Waals surface area contributed by atoms with Crippen LogP contribution < -0.4 is 9.47 Å². The monoisotopic (exact) mass is 411 g/mol. The lowest BCUT2D eigenvalue weighted by Gasteiger charge is -2.30. The van der Waals surface area contributed by atoms with Gasteiger partial charge in [-0.25, -0.2) is 0 Å². The Bertz CT molecular complexity index is 975. The zero-order chi connectivity index (χ0) is 20.9. The Morgan fingerprint density at radius 1 is 1.10 bits per heavy atom. The number of hydrogen-bond donors (Lipinski definition) is 0. The van der Waals surface area contributed by atoms with Crippen LogP contribution in [0.15, 0.2) is 45.4 Å². The molecule has 0 spiro atoms. The minimum absolute atomic E-state index is 0.0146. The van der Waals surface area contributed by atoms with Gasteiger partial charge in [0, 0.05) is 24.6 Å². The van der Waals surface area contributed by atoms with E-state index in [0.29, 0.717) is 60.9 Å². The summed E-state index contributed by atoms with van der Waals surface area (Å²) >= 11 is 0. The van der Waals surface area contributed by atoms with Crippen LogP contribution in [-0.4, -0.2) is 47.3 Å². The van der Waals surface area contributed by atoms with E-state index in [0.717, 1.165) is 12.8 Å². The van der Waals surface area contributed by atoms with E-state index in [4.69, 9.17) is 18.3 Å². The van der Waals surface area contributed by atoms with E-state index in [1.807, 2.05) is 18.7 Å². The molecule has 30 heavy (non-hydrogen) atoms. The molecule has 1 fully saturated rings. The van der Waals surface area contributed by atoms with Crippen molar-refractivity contribution >= 4 is 5.91 Å². The van der Waals surface area contributed by atoms with Gasteiger partial charge >= 0.3 is 0 Å². The maximum absolute atomic E-state index is 13.0. The highest BCUT2D eigenvalue weighted by atomic mass is 16.5. The predicted octanol–water partition coefficient (Wildman–Crippen LogP) is 4.15. The summed E-state index contributed by atoms with van der Waals surface area (Å²) in [6.07, 6.45) is 3.10. The molecule has 0 saturated carbocycles. The molecule has 1 amide bonds. The number of likely N-dealkylation sites (tertiary alicyclic amines) is 1. The van der Waals surface area contributed by atoms with Gasteiger partial charge in [0.05, 0.1) is 19.5 Å². The predicted molar refractivity (Wildman–Crippen MR) is 109 cm³/mol. The number of carbonyl (C=O) groups excluding carboxylic acids is 1. The lowest BCUT2D eigenvalue weighted by atomic mass is 9.96. The number of furan rings is 1. The molecule has 0 atom stereocenters. The number of hydrogen-bond acceptors (Lipinski definition) is 7. The first-order valence-corrected chi connectivity index (χ1v) is 10.3. The van der Waals surface area contributed by atoms with Crippen LogP contribution in [-0.2, 0) is 0 Å². The Morgan fingerprint density at radius 2 is 1.87 bits per heavy atom. The van der Waals surface area contributed by atoms with Gasteiger partial charge in [0.25, 0.3) is 11.8 Å². The van der Waals surface area contributed by atoms with E-state index in [9.17, 15) is 4.79 Å².